The van der Waals surface area contributed by atoms with E-state index in [1.54, 1.807) is 30.6 Å². The molecule has 0 bridgehead atoms. The SMILES string of the molecule is CC(=O)Oc1c(C)cc(/C=c2\sc3nc(-c4ccncc4)nn3c2=O)cc1C. The molecule has 3 heterocycles. The zero-order valence-corrected chi connectivity index (χ0v) is 16.3. The number of ether oxygens (including phenoxy) is 1. The number of rotatable bonds is 3. The van der Waals surface area contributed by atoms with Crippen LogP contribution in [0.1, 0.15) is 23.6 Å². The van der Waals surface area contributed by atoms with Crippen molar-refractivity contribution in [2.75, 3.05) is 0 Å². The van der Waals surface area contributed by atoms with Crippen molar-refractivity contribution in [2.45, 2.75) is 20.8 Å². The molecule has 7 nitrogen and oxygen atoms in total. The lowest BCUT2D eigenvalue weighted by atomic mass is 10.1. The van der Waals surface area contributed by atoms with Gasteiger partial charge in [0.25, 0.3) is 5.56 Å². The molecule has 0 atom stereocenters. The van der Waals surface area contributed by atoms with Crippen molar-refractivity contribution in [1.29, 1.82) is 0 Å². The summed E-state index contributed by atoms with van der Waals surface area (Å²) in [5.41, 5.74) is 3.10. The monoisotopic (exact) mass is 392 g/mol. The summed E-state index contributed by atoms with van der Waals surface area (Å²) in [6.07, 6.45) is 5.12. The molecule has 4 aromatic rings. The van der Waals surface area contributed by atoms with E-state index in [2.05, 4.69) is 15.1 Å². The summed E-state index contributed by atoms with van der Waals surface area (Å²) in [4.78, 5) is 32.9. The van der Waals surface area contributed by atoms with Crippen molar-refractivity contribution >= 4 is 28.3 Å². The Morgan fingerprint density at radius 3 is 2.46 bits per heavy atom. The second-order valence-electron chi connectivity index (χ2n) is 6.36. The minimum Gasteiger partial charge on any atom is -0.426 e. The fourth-order valence-electron chi connectivity index (χ4n) is 2.98. The van der Waals surface area contributed by atoms with Gasteiger partial charge in [-0.1, -0.05) is 11.3 Å². The predicted octanol–water partition coefficient (Wildman–Crippen LogP) is 2.30. The van der Waals surface area contributed by atoms with Crippen molar-refractivity contribution in [3.63, 3.8) is 0 Å². The molecule has 4 rings (SSSR count). The minimum atomic E-state index is -0.361. The number of esters is 1. The van der Waals surface area contributed by atoms with Gasteiger partial charge < -0.3 is 4.74 Å². The standard InChI is InChI=1S/C20H16N4O3S/c1-11-8-14(9-12(2)17(11)27-13(3)25)10-16-19(26)24-20(28-16)22-18(23-24)15-4-6-21-7-5-15/h4-10H,1-3H3/b16-10-. The van der Waals surface area contributed by atoms with E-state index in [1.165, 1.54) is 22.8 Å². The van der Waals surface area contributed by atoms with E-state index >= 15 is 0 Å². The van der Waals surface area contributed by atoms with Crippen molar-refractivity contribution in [3.05, 3.63) is 68.2 Å². The second kappa shape index (κ2) is 6.97. The molecule has 0 aliphatic heterocycles. The summed E-state index contributed by atoms with van der Waals surface area (Å²) in [7, 11) is 0. The molecule has 0 saturated heterocycles. The van der Waals surface area contributed by atoms with Crippen LogP contribution in [-0.2, 0) is 4.79 Å². The van der Waals surface area contributed by atoms with E-state index in [4.69, 9.17) is 4.74 Å². The van der Waals surface area contributed by atoms with Crippen LogP contribution in [0.4, 0.5) is 0 Å². The Bertz CT molecular complexity index is 1290. The number of carbonyl (C=O) groups is 1. The number of carbonyl (C=O) groups excluding carboxylic acids is 1. The first-order valence-electron chi connectivity index (χ1n) is 8.54. The predicted molar refractivity (Wildman–Crippen MR) is 106 cm³/mol. The summed E-state index contributed by atoms with van der Waals surface area (Å²) in [6.45, 7) is 5.10. The number of aryl methyl sites for hydroxylation is 2. The van der Waals surface area contributed by atoms with Gasteiger partial charge in [-0.15, -0.1) is 5.10 Å². The number of hydrogen-bond acceptors (Lipinski definition) is 7. The summed E-state index contributed by atoms with van der Waals surface area (Å²) in [5, 5.41) is 4.32. The highest BCUT2D eigenvalue weighted by atomic mass is 32.1. The van der Waals surface area contributed by atoms with Crippen molar-refractivity contribution in [2.24, 2.45) is 0 Å². The molecule has 0 amide bonds. The van der Waals surface area contributed by atoms with E-state index in [1.807, 2.05) is 26.0 Å². The zero-order chi connectivity index (χ0) is 19.8. The van der Waals surface area contributed by atoms with Crippen molar-refractivity contribution in [3.8, 4) is 17.1 Å². The summed E-state index contributed by atoms with van der Waals surface area (Å²) in [6, 6.07) is 7.35. The molecular weight excluding hydrogens is 376 g/mol. The lowest BCUT2D eigenvalue weighted by Crippen LogP contribution is -2.23. The Hall–Kier alpha value is -3.39. The maximum absolute atomic E-state index is 12.7. The number of pyridine rings is 1. The number of thiazole rings is 1. The lowest BCUT2D eigenvalue weighted by molar-refractivity contribution is -0.131. The summed E-state index contributed by atoms with van der Waals surface area (Å²) < 4.78 is 7.11. The van der Waals surface area contributed by atoms with Crippen LogP contribution in [0.25, 0.3) is 22.4 Å². The topological polar surface area (TPSA) is 86.4 Å². The molecule has 0 radical (unpaired) electrons. The third-order valence-corrected chi connectivity index (χ3v) is 5.11. The van der Waals surface area contributed by atoms with E-state index in [0.717, 1.165) is 22.3 Å². The Morgan fingerprint density at radius 2 is 1.86 bits per heavy atom. The van der Waals surface area contributed by atoms with E-state index < -0.39 is 0 Å². The van der Waals surface area contributed by atoms with Crippen LogP contribution in [0, 0.1) is 13.8 Å². The first-order valence-corrected chi connectivity index (χ1v) is 9.35. The molecule has 3 aromatic heterocycles. The molecule has 0 aliphatic rings. The third-order valence-electron chi connectivity index (χ3n) is 4.15. The van der Waals surface area contributed by atoms with Gasteiger partial charge in [0.1, 0.15) is 5.75 Å². The maximum Gasteiger partial charge on any atom is 0.308 e. The van der Waals surface area contributed by atoms with Gasteiger partial charge in [-0.25, -0.2) is 0 Å². The quantitative estimate of drug-likeness (QED) is 0.393. The molecule has 0 N–H and O–H groups in total. The van der Waals surface area contributed by atoms with Crippen LogP contribution < -0.4 is 14.8 Å². The molecule has 28 heavy (non-hydrogen) atoms. The van der Waals surface area contributed by atoms with Crippen LogP contribution in [0.5, 0.6) is 5.75 Å². The highest BCUT2D eigenvalue weighted by molar-refractivity contribution is 7.15. The highest BCUT2D eigenvalue weighted by Crippen LogP contribution is 2.25. The molecule has 8 heteroatoms. The molecule has 0 fully saturated rings. The maximum atomic E-state index is 12.7. The Kier molecular flexibility index (Phi) is 4.48. The van der Waals surface area contributed by atoms with Crippen LogP contribution in [0.3, 0.4) is 0 Å². The van der Waals surface area contributed by atoms with Gasteiger partial charge in [0.2, 0.25) is 4.96 Å². The van der Waals surface area contributed by atoms with E-state index in [-0.39, 0.29) is 11.5 Å². The van der Waals surface area contributed by atoms with Gasteiger partial charge in [0.05, 0.1) is 4.53 Å². The average Bonchev–Trinajstić information content (AvgIpc) is 3.19. The third kappa shape index (κ3) is 3.29. The first kappa shape index (κ1) is 18.0. The Morgan fingerprint density at radius 1 is 1.18 bits per heavy atom. The van der Waals surface area contributed by atoms with Gasteiger partial charge >= 0.3 is 5.97 Å². The van der Waals surface area contributed by atoms with Crippen molar-refractivity contribution < 1.29 is 9.53 Å². The van der Waals surface area contributed by atoms with Gasteiger partial charge in [0.15, 0.2) is 5.82 Å². The zero-order valence-electron chi connectivity index (χ0n) is 15.5. The summed E-state index contributed by atoms with van der Waals surface area (Å²) in [5.74, 6) is 0.687. The van der Waals surface area contributed by atoms with Gasteiger partial charge in [-0.05, 0) is 60.9 Å². The molecule has 0 spiro atoms. The largest absolute Gasteiger partial charge is 0.426 e. The van der Waals surface area contributed by atoms with E-state index in [0.29, 0.717) is 21.1 Å². The number of aromatic nitrogens is 4. The second-order valence-corrected chi connectivity index (χ2v) is 7.37. The summed E-state index contributed by atoms with van der Waals surface area (Å²) >= 11 is 1.28. The number of nitrogens with zero attached hydrogens (tertiary/aromatic N) is 4. The molecular formula is C20H16N4O3S. The molecule has 1 aromatic carbocycles. The molecule has 0 unspecified atom stereocenters. The van der Waals surface area contributed by atoms with E-state index in [9.17, 15) is 9.59 Å². The normalized spacial score (nSPS) is 11.9. The van der Waals surface area contributed by atoms with Crippen LogP contribution >= 0.6 is 11.3 Å². The smallest absolute Gasteiger partial charge is 0.308 e. The van der Waals surface area contributed by atoms with Crippen LogP contribution in [-0.4, -0.2) is 25.6 Å². The Labute approximate surface area is 164 Å². The molecule has 0 aliphatic carbocycles. The first-order chi connectivity index (χ1) is 13.4. The number of benzene rings is 1. The van der Waals surface area contributed by atoms with Crippen LogP contribution in [0.15, 0.2) is 41.5 Å². The van der Waals surface area contributed by atoms with Gasteiger partial charge in [-0.2, -0.15) is 9.50 Å². The van der Waals surface area contributed by atoms with Gasteiger partial charge in [-0.3, -0.25) is 14.6 Å². The molecule has 0 saturated carbocycles. The minimum absolute atomic E-state index is 0.216. The fourth-order valence-corrected chi connectivity index (χ4v) is 3.89. The number of fused-ring (bicyclic) bond motifs is 1. The lowest BCUT2D eigenvalue weighted by Gasteiger charge is -2.10. The number of hydrogen-bond donors (Lipinski definition) is 0. The fraction of sp³-hybridized carbons (Fsp3) is 0.150. The average molecular weight is 392 g/mol. The molecule has 140 valence electrons. The van der Waals surface area contributed by atoms with Crippen LogP contribution in [0.2, 0.25) is 0 Å². The van der Waals surface area contributed by atoms with Gasteiger partial charge in [0, 0.05) is 24.9 Å². The Balaban J connectivity index is 1.76. The van der Waals surface area contributed by atoms with Crippen molar-refractivity contribution in [1.82, 2.24) is 19.6 Å². The highest BCUT2D eigenvalue weighted by Gasteiger charge is 2.13.